The summed E-state index contributed by atoms with van der Waals surface area (Å²) in [6, 6.07) is 14.6. The SMILES string of the molecule is Cc1ccc(N(C#N)C(Br)c2ccccc2O)cc1. The fourth-order valence-electron chi connectivity index (χ4n) is 1.77. The second-order valence-corrected chi connectivity index (χ2v) is 5.07. The molecule has 0 aromatic heterocycles. The number of para-hydroxylation sites is 1. The number of rotatable bonds is 3. The first-order chi connectivity index (χ1) is 9.13. The molecule has 3 nitrogen and oxygen atoms in total. The lowest BCUT2D eigenvalue weighted by molar-refractivity contribution is 0.468. The fourth-order valence-corrected chi connectivity index (χ4v) is 2.49. The van der Waals surface area contributed by atoms with Crippen LogP contribution in [0.25, 0.3) is 0 Å². The monoisotopic (exact) mass is 316 g/mol. The minimum Gasteiger partial charge on any atom is -0.508 e. The van der Waals surface area contributed by atoms with Gasteiger partial charge in [-0.3, -0.25) is 4.90 Å². The Labute approximate surface area is 120 Å². The Hall–Kier alpha value is -1.99. The quantitative estimate of drug-likeness (QED) is 0.401. The highest BCUT2D eigenvalue weighted by Gasteiger charge is 2.20. The van der Waals surface area contributed by atoms with Gasteiger partial charge in [0.15, 0.2) is 6.19 Å². The van der Waals surface area contributed by atoms with E-state index in [4.69, 9.17) is 0 Å². The smallest absolute Gasteiger partial charge is 0.185 e. The summed E-state index contributed by atoms with van der Waals surface area (Å²) < 4.78 is 0. The van der Waals surface area contributed by atoms with Crippen molar-refractivity contribution in [3.8, 4) is 11.9 Å². The Morgan fingerprint density at radius 2 is 1.79 bits per heavy atom. The second kappa shape index (κ2) is 5.77. The van der Waals surface area contributed by atoms with E-state index in [1.165, 1.54) is 4.90 Å². The van der Waals surface area contributed by atoms with E-state index in [0.717, 1.165) is 11.3 Å². The molecule has 2 aromatic carbocycles. The largest absolute Gasteiger partial charge is 0.508 e. The van der Waals surface area contributed by atoms with Gasteiger partial charge in [-0.15, -0.1) is 0 Å². The molecule has 19 heavy (non-hydrogen) atoms. The lowest BCUT2D eigenvalue weighted by atomic mass is 10.1. The number of anilines is 1. The highest BCUT2D eigenvalue weighted by atomic mass is 79.9. The van der Waals surface area contributed by atoms with E-state index < -0.39 is 4.95 Å². The van der Waals surface area contributed by atoms with E-state index in [2.05, 4.69) is 22.1 Å². The summed E-state index contributed by atoms with van der Waals surface area (Å²) in [6.45, 7) is 2.00. The standard InChI is InChI=1S/C15H13BrN2O/c1-11-6-8-12(9-7-11)18(10-17)15(16)13-4-2-3-5-14(13)19/h2-9,15,19H,1H3. The number of nitriles is 1. The topological polar surface area (TPSA) is 47.3 Å². The van der Waals surface area contributed by atoms with E-state index >= 15 is 0 Å². The molecule has 0 heterocycles. The van der Waals surface area contributed by atoms with Gasteiger partial charge >= 0.3 is 0 Å². The molecule has 0 fully saturated rings. The third kappa shape index (κ3) is 2.88. The minimum atomic E-state index is -0.401. The van der Waals surface area contributed by atoms with Crippen molar-refractivity contribution in [3.63, 3.8) is 0 Å². The molecule has 2 rings (SSSR count). The number of aryl methyl sites for hydroxylation is 1. The predicted molar refractivity (Wildman–Crippen MR) is 79.0 cm³/mol. The van der Waals surface area contributed by atoms with Crippen LogP contribution in [0.4, 0.5) is 5.69 Å². The molecule has 0 aliphatic rings. The maximum absolute atomic E-state index is 9.85. The zero-order valence-electron chi connectivity index (χ0n) is 10.4. The zero-order valence-corrected chi connectivity index (χ0v) is 12.0. The molecule has 0 saturated carbocycles. The van der Waals surface area contributed by atoms with Gasteiger partial charge in [-0.25, -0.2) is 0 Å². The Bertz CT molecular complexity index is 604. The second-order valence-electron chi connectivity index (χ2n) is 4.20. The lowest BCUT2D eigenvalue weighted by Gasteiger charge is -2.23. The third-order valence-corrected chi connectivity index (χ3v) is 3.74. The molecule has 0 aliphatic heterocycles. The van der Waals surface area contributed by atoms with Crippen LogP contribution >= 0.6 is 15.9 Å². The van der Waals surface area contributed by atoms with Gasteiger partial charge in [-0.05, 0) is 25.1 Å². The third-order valence-electron chi connectivity index (χ3n) is 2.84. The van der Waals surface area contributed by atoms with Crippen LogP contribution in [-0.4, -0.2) is 5.11 Å². The highest BCUT2D eigenvalue weighted by Crippen LogP contribution is 2.35. The summed E-state index contributed by atoms with van der Waals surface area (Å²) in [4.78, 5) is 1.11. The minimum absolute atomic E-state index is 0.164. The maximum Gasteiger partial charge on any atom is 0.185 e. The van der Waals surface area contributed by atoms with E-state index in [1.54, 1.807) is 18.2 Å². The molecule has 1 unspecified atom stereocenters. The molecular weight excluding hydrogens is 304 g/mol. The van der Waals surface area contributed by atoms with Gasteiger partial charge in [0, 0.05) is 5.56 Å². The number of nitrogens with zero attached hydrogens (tertiary/aromatic N) is 2. The zero-order chi connectivity index (χ0) is 13.8. The summed E-state index contributed by atoms with van der Waals surface area (Å²) in [6.07, 6.45) is 2.14. The summed E-state index contributed by atoms with van der Waals surface area (Å²) in [5.74, 6) is 0.164. The van der Waals surface area contributed by atoms with Crippen LogP contribution in [0.1, 0.15) is 16.1 Å². The molecule has 0 aliphatic carbocycles. The van der Waals surface area contributed by atoms with Crippen LogP contribution in [-0.2, 0) is 0 Å². The van der Waals surface area contributed by atoms with Crippen LogP contribution in [0.5, 0.6) is 5.75 Å². The normalized spacial score (nSPS) is 11.6. The van der Waals surface area contributed by atoms with Gasteiger partial charge in [0.05, 0.1) is 5.69 Å². The number of phenols is 1. The van der Waals surface area contributed by atoms with Gasteiger partial charge < -0.3 is 5.11 Å². The number of benzene rings is 2. The molecule has 0 radical (unpaired) electrons. The molecule has 0 spiro atoms. The van der Waals surface area contributed by atoms with Gasteiger partial charge in [-0.1, -0.05) is 51.8 Å². The number of aromatic hydroxyl groups is 1. The van der Waals surface area contributed by atoms with Crippen LogP contribution < -0.4 is 4.90 Å². The summed E-state index contributed by atoms with van der Waals surface area (Å²) in [5, 5.41) is 19.2. The van der Waals surface area contributed by atoms with Gasteiger partial charge in [-0.2, -0.15) is 5.26 Å². The van der Waals surface area contributed by atoms with E-state index in [-0.39, 0.29) is 5.75 Å². The maximum atomic E-state index is 9.85. The average Bonchev–Trinajstić information content (AvgIpc) is 2.42. The first-order valence-electron chi connectivity index (χ1n) is 5.81. The van der Waals surface area contributed by atoms with E-state index in [1.807, 2.05) is 37.3 Å². The molecule has 0 bridgehead atoms. The number of halogens is 1. The molecule has 0 amide bonds. The molecule has 2 aromatic rings. The molecule has 0 saturated heterocycles. The van der Waals surface area contributed by atoms with Crippen LogP contribution in [0, 0.1) is 18.4 Å². The molecule has 1 atom stereocenters. The van der Waals surface area contributed by atoms with Crippen molar-refractivity contribution < 1.29 is 5.11 Å². The molecule has 96 valence electrons. The Kier molecular flexibility index (Phi) is 4.08. The van der Waals surface area contributed by atoms with Gasteiger partial charge in [0.25, 0.3) is 0 Å². The summed E-state index contributed by atoms with van der Waals surface area (Å²) in [7, 11) is 0. The van der Waals surface area contributed by atoms with Crippen molar-refractivity contribution in [2.24, 2.45) is 0 Å². The van der Waals surface area contributed by atoms with Crippen molar-refractivity contribution in [1.82, 2.24) is 0 Å². The highest BCUT2D eigenvalue weighted by molar-refractivity contribution is 9.09. The number of hydrogen-bond acceptors (Lipinski definition) is 3. The Balaban J connectivity index is 2.35. The molecule has 1 N–H and O–H groups in total. The molecular formula is C15H13BrN2O. The van der Waals surface area contributed by atoms with Crippen LogP contribution in [0.3, 0.4) is 0 Å². The average molecular weight is 317 g/mol. The van der Waals surface area contributed by atoms with Gasteiger partial charge in [0.1, 0.15) is 10.7 Å². The van der Waals surface area contributed by atoms with Crippen LogP contribution in [0.15, 0.2) is 48.5 Å². The first kappa shape index (κ1) is 13.4. The Morgan fingerprint density at radius 1 is 1.16 bits per heavy atom. The van der Waals surface area contributed by atoms with E-state index in [9.17, 15) is 10.4 Å². The van der Waals surface area contributed by atoms with Gasteiger partial charge in [0.2, 0.25) is 0 Å². The predicted octanol–water partition coefficient (Wildman–Crippen LogP) is 4.08. The number of phenolic OH excluding ortho intramolecular Hbond substituents is 1. The first-order valence-corrected chi connectivity index (χ1v) is 6.72. The van der Waals surface area contributed by atoms with E-state index in [0.29, 0.717) is 5.56 Å². The van der Waals surface area contributed by atoms with Crippen molar-refractivity contribution in [3.05, 3.63) is 59.7 Å². The van der Waals surface area contributed by atoms with Crippen molar-refractivity contribution in [1.29, 1.82) is 5.26 Å². The number of hydrogen-bond donors (Lipinski definition) is 1. The number of alkyl halides is 1. The summed E-state index contributed by atoms with van der Waals surface area (Å²) >= 11 is 3.46. The fraction of sp³-hybridized carbons (Fsp3) is 0.133. The molecule has 4 heteroatoms. The van der Waals surface area contributed by atoms with Crippen molar-refractivity contribution in [2.75, 3.05) is 4.90 Å². The lowest BCUT2D eigenvalue weighted by Crippen LogP contribution is -2.18. The summed E-state index contributed by atoms with van der Waals surface area (Å²) in [5.41, 5.74) is 2.57. The Morgan fingerprint density at radius 3 is 2.37 bits per heavy atom. The van der Waals surface area contributed by atoms with Crippen molar-refractivity contribution >= 4 is 21.6 Å². The van der Waals surface area contributed by atoms with Crippen LogP contribution in [0.2, 0.25) is 0 Å². The van der Waals surface area contributed by atoms with Crippen molar-refractivity contribution in [2.45, 2.75) is 11.9 Å².